The summed E-state index contributed by atoms with van der Waals surface area (Å²) in [5.41, 5.74) is 0.878. The lowest BCUT2D eigenvalue weighted by Gasteiger charge is -2.29. The molecule has 190 valence electrons. The van der Waals surface area contributed by atoms with E-state index < -0.39 is 35.3 Å². The predicted octanol–water partition coefficient (Wildman–Crippen LogP) is 6.56. The number of aliphatic imine (C=N–C) groups is 1. The summed E-state index contributed by atoms with van der Waals surface area (Å²) in [5, 5.41) is 4.79. The van der Waals surface area contributed by atoms with Gasteiger partial charge in [0.25, 0.3) is 0 Å². The second-order valence-corrected chi connectivity index (χ2v) is 11.3. The highest BCUT2D eigenvalue weighted by molar-refractivity contribution is 7.10. The average Bonchev–Trinajstić information content (AvgIpc) is 3.32. The number of alkyl carbamates (subject to hydrolysis) is 1. The van der Waals surface area contributed by atoms with Crippen LogP contribution in [0.15, 0.2) is 83.2 Å². The first-order chi connectivity index (χ1) is 16.9. The first-order valence-corrected chi connectivity index (χ1v) is 12.8. The van der Waals surface area contributed by atoms with Crippen LogP contribution in [0.3, 0.4) is 0 Å². The molecule has 0 unspecified atom stereocenters. The molecule has 3 rings (SSSR count). The molecule has 7 heteroatoms. The lowest BCUT2D eigenvalue weighted by Crippen LogP contribution is -2.44. The van der Waals surface area contributed by atoms with E-state index >= 15 is 0 Å². The number of nitrogens with one attached hydrogen (secondary N) is 1. The molecule has 0 aliphatic rings. The SMILES string of the molecule is CC(C)(C)OC(=O)N[C@H](c1cccs1)[C@H](N=C(c1ccccc1)c1ccccc1)C(=O)OC(C)(C)C. The summed E-state index contributed by atoms with van der Waals surface area (Å²) < 4.78 is 11.3. The minimum absolute atomic E-state index is 0.540. The molecule has 6 nitrogen and oxygen atoms in total. The molecule has 0 bridgehead atoms. The topological polar surface area (TPSA) is 77.0 Å². The number of thiophene rings is 1. The van der Waals surface area contributed by atoms with Crippen molar-refractivity contribution in [3.8, 4) is 0 Å². The van der Waals surface area contributed by atoms with Crippen LogP contribution in [-0.4, -0.2) is 35.0 Å². The van der Waals surface area contributed by atoms with Crippen LogP contribution in [0.4, 0.5) is 4.79 Å². The monoisotopic (exact) mass is 506 g/mol. The fourth-order valence-electron chi connectivity index (χ4n) is 3.48. The maximum atomic E-state index is 13.6. The van der Waals surface area contributed by atoms with E-state index in [4.69, 9.17) is 14.5 Å². The van der Waals surface area contributed by atoms with Gasteiger partial charge in [-0.3, -0.25) is 4.99 Å². The Morgan fingerprint density at radius 1 is 0.778 bits per heavy atom. The molecule has 1 N–H and O–H groups in total. The van der Waals surface area contributed by atoms with E-state index in [0.29, 0.717) is 5.71 Å². The molecule has 0 radical (unpaired) electrons. The number of amides is 1. The van der Waals surface area contributed by atoms with E-state index in [9.17, 15) is 9.59 Å². The van der Waals surface area contributed by atoms with Gasteiger partial charge in [-0.15, -0.1) is 11.3 Å². The zero-order chi connectivity index (χ0) is 26.3. The minimum Gasteiger partial charge on any atom is -0.458 e. The largest absolute Gasteiger partial charge is 0.458 e. The van der Waals surface area contributed by atoms with Crippen LogP contribution in [0, 0.1) is 0 Å². The van der Waals surface area contributed by atoms with Crippen molar-refractivity contribution in [2.75, 3.05) is 0 Å². The van der Waals surface area contributed by atoms with Crippen molar-refractivity contribution in [2.45, 2.75) is 64.8 Å². The molecule has 0 aliphatic heterocycles. The maximum Gasteiger partial charge on any atom is 0.408 e. The molecule has 3 aromatic rings. The van der Waals surface area contributed by atoms with Crippen molar-refractivity contribution in [1.29, 1.82) is 0 Å². The van der Waals surface area contributed by atoms with Crippen molar-refractivity contribution < 1.29 is 19.1 Å². The molecule has 1 heterocycles. The zero-order valence-electron chi connectivity index (χ0n) is 21.6. The van der Waals surface area contributed by atoms with E-state index in [1.165, 1.54) is 11.3 Å². The van der Waals surface area contributed by atoms with Crippen molar-refractivity contribution >= 4 is 29.1 Å². The molecule has 0 fully saturated rings. The highest BCUT2D eigenvalue weighted by Gasteiger charge is 2.36. The Hall–Kier alpha value is -3.45. The van der Waals surface area contributed by atoms with E-state index in [1.807, 2.05) is 98.9 Å². The maximum absolute atomic E-state index is 13.6. The second-order valence-electron chi connectivity index (χ2n) is 10.3. The summed E-state index contributed by atoms with van der Waals surface area (Å²) >= 11 is 1.43. The Balaban J connectivity index is 2.16. The van der Waals surface area contributed by atoms with E-state index in [0.717, 1.165) is 16.0 Å². The number of ether oxygens (including phenoxy) is 2. The Bertz CT molecular complexity index is 1120. The average molecular weight is 507 g/mol. The standard InChI is InChI=1S/C29H34N2O4S/c1-28(2,3)34-26(32)25(24(22-18-13-19-36-22)31-27(33)35-29(4,5)6)30-23(20-14-9-7-10-15-20)21-16-11-8-12-17-21/h7-19,24-25H,1-6H3,(H,31,33)/t24-,25+/m1/s1. The first-order valence-electron chi connectivity index (χ1n) is 11.9. The smallest absolute Gasteiger partial charge is 0.408 e. The lowest BCUT2D eigenvalue weighted by atomic mass is 10.00. The van der Waals surface area contributed by atoms with Crippen molar-refractivity contribution in [1.82, 2.24) is 5.32 Å². The molecule has 1 aromatic heterocycles. The summed E-state index contributed by atoms with van der Waals surface area (Å²) in [7, 11) is 0. The lowest BCUT2D eigenvalue weighted by molar-refractivity contribution is -0.157. The number of benzene rings is 2. The molecular weight excluding hydrogens is 472 g/mol. The van der Waals surface area contributed by atoms with Gasteiger partial charge in [0.2, 0.25) is 0 Å². The summed E-state index contributed by atoms with van der Waals surface area (Å²) in [6.07, 6.45) is -0.634. The van der Waals surface area contributed by atoms with Crippen LogP contribution in [-0.2, 0) is 14.3 Å². The van der Waals surface area contributed by atoms with Gasteiger partial charge in [0.15, 0.2) is 6.04 Å². The summed E-state index contributed by atoms with van der Waals surface area (Å²) in [6.45, 7) is 10.8. The molecular formula is C29H34N2O4S. The Labute approximate surface area is 217 Å². The first kappa shape index (κ1) is 27.1. The molecule has 36 heavy (non-hydrogen) atoms. The van der Waals surface area contributed by atoms with Gasteiger partial charge >= 0.3 is 12.1 Å². The summed E-state index contributed by atoms with van der Waals surface area (Å²) in [4.78, 5) is 32.3. The fourth-order valence-corrected chi connectivity index (χ4v) is 4.29. The minimum atomic E-state index is -1.06. The summed E-state index contributed by atoms with van der Waals surface area (Å²) in [6, 6.07) is 21.2. The molecule has 2 aromatic carbocycles. The number of hydrogen-bond acceptors (Lipinski definition) is 6. The Kier molecular flexibility index (Phi) is 8.69. The van der Waals surface area contributed by atoms with Crippen LogP contribution in [0.2, 0.25) is 0 Å². The van der Waals surface area contributed by atoms with Crippen LogP contribution in [0.5, 0.6) is 0 Å². The van der Waals surface area contributed by atoms with Crippen LogP contribution in [0.25, 0.3) is 0 Å². The van der Waals surface area contributed by atoms with Crippen LogP contribution in [0.1, 0.15) is 63.6 Å². The quantitative estimate of drug-likeness (QED) is 0.291. The highest BCUT2D eigenvalue weighted by Crippen LogP contribution is 2.28. The third-order valence-electron chi connectivity index (χ3n) is 4.85. The molecule has 0 aliphatic carbocycles. The molecule has 0 saturated heterocycles. The highest BCUT2D eigenvalue weighted by atomic mass is 32.1. The number of esters is 1. The third kappa shape index (κ3) is 8.05. The van der Waals surface area contributed by atoms with Crippen LogP contribution < -0.4 is 5.32 Å². The normalized spacial score (nSPS) is 13.3. The second kappa shape index (κ2) is 11.5. The van der Waals surface area contributed by atoms with Gasteiger partial charge < -0.3 is 14.8 Å². The summed E-state index contributed by atoms with van der Waals surface area (Å²) in [5.74, 6) is -0.540. The number of carbonyl (C=O) groups excluding carboxylic acids is 2. The number of carbonyl (C=O) groups is 2. The van der Waals surface area contributed by atoms with Crippen molar-refractivity contribution in [3.63, 3.8) is 0 Å². The number of rotatable bonds is 7. The molecule has 2 atom stereocenters. The van der Waals surface area contributed by atoms with Gasteiger partial charge in [-0.25, -0.2) is 9.59 Å². The molecule has 1 amide bonds. The van der Waals surface area contributed by atoms with Gasteiger partial charge in [0.1, 0.15) is 11.2 Å². The predicted molar refractivity (Wildman–Crippen MR) is 145 cm³/mol. The molecule has 0 spiro atoms. The van der Waals surface area contributed by atoms with Gasteiger partial charge in [-0.05, 0) is 53.0 Å². The van der Waals surface area contributed by atoms with E-state index in [2.05, 4.69) is 5.32 Å². The van der Waals surface area contributed by atoms with Crippen molar-refractivity contribution in [3.05, 3.63) is 94.2 Å². The van der Waals surface area contributed by atoms with Gasteiger partial charge in [-0.1, -0.05) is 66.7 Å². The van der Waals surface area contributed by atoms with E-state index in [-0.39, 0.29) is 0 Å². The Morgan fingerprint density at radius 3 is 1.75 bits per heavy atom. The van der Waals surface area contributed by atoms with Crippen molar-refractivity contribution in [2.24, 2.45) is 4.99 Å². The fraction of sp³-hybridized carbons (Fsp3) is 0.345. The number of hydrogen-bond donors (Lipinski definition) is 1. The zero-order valence-corrected chi connectivity index (χ0v) is 22.5. The van der Waals surface area contributed by atoms with Gasteiger partial charge in [-0.2, -0.15) is 0 Å². The van der Waals surface area contributed by atoms with E-state index in [1.54, 1.807) is 20.8 Å². The number of nitrogens with zero attached hydrogens (tertiary/aromatic N) is 1. The molecule has 0 saturated carbocycles. The third-order valence-corrected chi connectivity index (χ3v) is 5.80. The van der Waals surface area contributed by atoms with Gasteiger partial charge in [0.05, 0.1) is 11.8 Å². The van der Waals surface area contributed by atoms with Gasteiger partial charge in [0, 0.05) is 16.0 Å². The Morgan fingerprint density at radius 2 is 1.31 bits per heavy atom. The van der Waals surface area contributed by atoms with Crippen LogP contribution >= 0.6 is 11.3 Å².